The van der Waals surface area contributed by atoms with Gasteiger partial charge in [-0.2, -0.15) is 9.40 Å². The summed E-state index contributed by atoms with van der Waals surface area (Å²) in [4.78, 5) is 2.45. The number of aromatic amines is 1. The lowest BCUT2D eigenvalue weighted by Gasteiger charge is -2.34. The number of hydrogen-bond acceptors (Lipinski definition) is 5. The van der Waals surface area contributed by atoms with Crippen LogP contribution in [0.15, 0.2) is 33.9 Å². The van der Waals surface area contributed by atoms with Gasteiger partial charge in [-0.15, -0.1) is 0 Å². The first-order chi connectivity index (χ1) is 12.6. The van der Waals surface area contributed by atoms with Gasteiger partial charge >= 0.3 is 0 Å². The van der Waals surface area contributed by atoms with Crippen LogP contribution in [0.25, 0.3) is 11.5 Å². The Kier molecular flexibility index (Phi) is 5.15. The summed E-state index contributed by atoms with van der Waals surface area (Å²) in [6.07, 6.45) is 7.96. The summed E-state index contributed by atoms with van der Waals surface area (Å²) in [5.74, 6) is 0.492. The number of nitrogens with zero attached hydrogens (tertiary/aromatic N) is 3. The molecule has 2 aromatic rings. The van der Waals surface area contributed by atoms with Crippen molar-refractivity contribution in [2.75, 3.05) is 26.2 Å². The maximum atomic E-state index is 13.2. The van der Waals surface area contributed by atoms with Gasteiger partial charge in [-0.25, -0.2) is 8.42 Å². The van der Waals surface area contributed by atoms with E-state index in [9.17, 15) is 8.42 Å². The Morgan fingerprint density at radius 2 is 1.92 bits per heavy atom. The molecule has 0 aliphatic carbocycles. The average molecular weight is 378 g/mol. The Hall–Kier alpha value is -1.64. The summed E-state index contributed by atoms with van der Waals surface area (Å²) >= 11 is 0. The monoisotopic (exact) mass is 378 g/mol. The van der Waals surface area contributed by atoms with Gasteiger partial charge in [0.25, 0.3) is 10.0 Å². The highest BCUT2D eigenvalue weighted by Crippen LogP contribution is 2.30. The van der Waals surface area contributed by atoms with Crippen LogP contribution in [0.3, 0.4) is 0 Å². The van der Waals surface area contributed by atoms with Crippen molar-refractivity contribution in [3.63, 3.8) is 0 Å². The molecule has 0 bridgehead atoms. The number of furan rings is 1. The van der Waals surface area contributed by atoms with Crippen molar-refractivity contribution in [3.05, 3.63) is 24.4 Å². The van der Waals surface area contributed by atoms with Crippen molar-refractivity contribution < 1.29 is 12.8 Å². The van der Waals surface area contributed by atoms with Crippen LogP contribution in [0.4, 0.5) is 0 Å². The fraction of sp³-hybridized carbons (Fsp3) is 0.611. The summed E-state index contributed by atoms with van der Waals surface area (Å²) in [6, 6.07) is 5.06. The van der Waals surface area contributed by atoms with Gasteiger partial charge < -0.3 is 9.32 Å². The van der Waals surface area contributed by atoms with Crippen LogP contribution in [0.2, 0.25) is 0 Å². The number of likely N-dealkylation sites (tertiary alicyclic amines) is 1. The molecule has 2 aliphatic heterocycles. The van der Waals surface area contributed by atoms with Crippen LogP contribution in [0, 0.1) is 0 Å². The lowest BCUT2D eigenvalue weighted by molar-refractivity contribution is 0.210. The number of rotatable bonds is 6. The van der Waals surface area contributed by atoms with Crippen LogP contribution in [0.1, 0.15) is 38.5 Å². The van der Waals surface area contributed by atoms with Gasteiger partial charge in [-0.3, -0.25) is 5.10 Å². The zero-order valence-electron chi connectivity index (χ0n) is 14.9. The molecule has 8 heteroatoms. The standard InChI is InChI=1S/C18H26N4O3S/c23-26(24,18-7-6-17(25-18)16-8-10-19-20-16)22-13-2-1-5-15(22)9-14-21-11-3-4-12-21/h6-8,10,15H,1-5,9,11-14H2,(H,19,20)/t15-/m0/s1. The van der Waals surface area contributed by atoms with Gasteiger partial charge in [-0.05, 0) is 69.9 Å². The number of H-pyrrole nitrogens is 1. The van der Waals surface area contributed by atoms with Crippen LogP contribution in [0.5, 0.6) is 0 Å². The first-order valence-electron chi connectivity index (χ1n) is 9.48. The molecule has 0 spiro atoms. The Labute approximate surface area is 154 Å². The lowest BCUT2D eigenvalue weighted by Crippen LogP contribution is -2.44. The molecule has 1 atom stereocenters. The predicted molar refractivity (Wildman–Crippen MR) is 98.1 cm³/mol. The Morgan fingerprint density at radius 1 is 1.12 bits per heavy atom. The van der Waals surface area contributed by atoms with Crippen molar-refractivity contribution in [2.45, 2.75) is 49.7 Å². The van der Waals surface area contributed by atoms with Gasteiger partial charge in [0.2, 0.25) is 5.09 Å². The average Bonchev–Trinajstić information content (AvgIpc) is 3.42. The summed E-state index contributed by atoms with van der Waals surface area (Å²) < 4.78 is 33.7. The molecule has 4 rings (SSSR count). The highest BCUT2D eigenvalue weighted by Gasteiger charge is 2.35. The minimum absolute atomic E-state index is 0.0233. The van der Waals surface area contributed by atoms with E-state index in [0.29, 0.717) is 18.0 Å². The summed E-state index contributed by atoms with van der Waals surface area (Å²) in [6.45, 7) is 3.84. The van der Waals surface area contributed by atoms with E-state index in [1.165, 1.54) is 12.8 Å². The first-order valence-corrected chi connectivity index (χ1v) is 10.9. The van der Waals surface area contributed by atoms with Gasteiger partial charge in [0.1, 0.15) is 5.69 Å². The second kappa shape index (κ2) is 7.54. The largest absolute Gasteiger partial charge is 0.442 e. The molecule has 0 unspecified atom stereocenters. The normalized spacial score (nSPS) is 22.8. The molecule has 0 saturated carbocycles. The molecule has 4 heterocycles. The molecule has 2 fully saturated rings. The van der Waals surface area contributed by atoms with Crippen LogP contribution in [-0.4, -0.2) is 60.0 Å². The van der Waals surface area contributed by atoms with Crippen molar-refractivity contribution in [1.29, 1.82) is 0 Å². The van der Waals surface area contributed by atoms with E-state index in [2.05, 4.69) is 15.1 Å². The number of piperidine rings is 1. The smallest absolute Gasteiger partial charge is 0.276 e. The van der Waals surface area contributed by atoms with Gasteiger partial charge in [0, 0.05) is 18.8 Å². The summed E-state index contributed by atoms with van der Waals surface area (Å²) in [5.41, 5.74) is 0.677. The molecule has 2 saturated heterocycles. The lowest BCUT2D eigenvalue weighted by atomic mass is 10.0. The highest BCUT2D eigenvalue weighted by atomic mass is 32.2. The number of hydrogen-bond donors (Lipinski definition) is 1. The number of sulfonamides is 1. The van der Waals surface area contributed by atoms with Crippen LogP contribution in [-0.2, 0) is 10.0 Å². The minimum atomic E-state index is -3.61. The van der Waals surface area contributed by atoms with Crippen molar-refractivity contribution in [1.82, 2.24) is 19.4 Å². The van der Waals surface area contributed by atoms with E-state index in [4.69, 9.17) is 4.42 Å². The zero-order chi connectivity index (χ0) is 18.0. The fourth-order valence-electron chi connectivity index (χ4n) is 4.03. The van der Waals surface area contributed by atoms with Gasteiger partial charge in [0.15, 0.2) is 5.76 Å². The number of nitrogens with one attached hydrogen (secondary N) is 1. The first kappa shape index (κ1) is 17.8. The Morgan fingerprint density at radius 3 is 2.69 bits per heavy atom. The second-order valence-corrected chi connectivity index (χ2v) is 9.01. The third-order valence-corrected chi connectivity index (χ3v) is 7.29. The number of aromatic nitrogens is 2. The minimum Gasteiger partial charge on any atom is -0.442 e. The van der Waals surface area contributed by atoms with E-state index >= 15 is 0 Å². The van der Waals surface area contributed by atoms with E-state index in [1.807, 2.05) is 0 Å². The van der Waals surface area contributed by atoms with E-state index < -0.39 is 10.0 Å². The SMILES string of the molecule is O=S(=O)(c1ccc(-c2ccn[nH]2)o1)N1CCCC[C@H]1CCN1CCCC1. The van der Waals surface area contributed by atoms with Crippen molar-refractivity contribution >= 4 is 10.0 Å². The predicted octanol–water partition coefficient (Wildman–Crippen LogP) is 2.70. The second-order valence-electron chi connectivity index (χ2n) is 7.19. The molecule has 7 nitrogen and oxygen atoms in total. The molecule has 142 valence electrons. The third kappa shape index (κ3) is 3.58. The molecule has 1 N–H and O–H groups in total. The van der Waals surface area contributed by atoms with Crippen LogP contribution < -0.4 is 0 Å². The molecule has 2 aliphatic rings. The summed E-state index contributed by atoms with van der Waals surface area (Å²) in [5, 5.41) is 6.71. The van der Waals surface area contributed by atoms with E-state index in [-0.39, 0.29) is 11.1 Å². The topological polar surface area (TPSA) is 82.4 Å². The molecule has 26 heavy (non-hydrogen) atoms. The van der Waals surface area contributed by atoms with E-state index in [1.54, 1.807) is 28.7 Å². The fourth-order valence-corrected chi connectivity index (χ4v) is 5.67. The Bertz CT molecular complexity index is 809. The molecule has 0 amide bonds. The Balaban J connectivity index is 1.50. The van der Waals surface area contributed by atoms with Crippen molar-refractivity contribution in [2.24, 2.45) is 0 Å². The molecular weight excluding hydrogens is 352 g/mol. The quantitative estimate of drug-likeness (QED) is 0.836. The molecular formula is C18H26N4O3S. The van der Waals surface area contributed by atoms with Crippen molar-refractivity contribution in [3.8, 4) is 11.5 Å². The zero-order valence-corrected chi connectivity index (χ0v) is 15.7. The van der Waals surface area contributed by atoms with Gasteiger partial charge in [0.05, 0.1) is 0 Å². The highest BCUT2D eigenvalue weighted by molar-refractivity contribution is 7.89. The van der Waals surface area contributed by atoms with E-state index in [0.717, 1.165) is 45.3 Å². The molecule has 2 aromatic heterocycles. The molecule has 0 radical (unpaired) electrons. The molecule has 0 aromatic carbocycles. The maximum Gasteiger partial charge on any atom is 0.276 e. The van der Waals surface area contributed by atoms with Crippen LogP contribution >= 0.6 is 0 Å². The maximum absolute atomic E-state index is 13.2. The third-order valence-electron chi connectivity index (χ3n) is 5.46. The van der Waals surface area contributed by atoms with Gasteiger partial charge in [-0.1, -0.05) is 6.42 Å². The summed E-state index contributed by atoms with van der Waals surface area (Å²) in [7, 11) is -3.61.